The van der Waals surface area contributed by atoms with Gasteiger partial charge < -0.3 is 25.5 Å². The maximum Gasteiger partial charge on any atom is 0.335 e. The van der Waals surface area contributed by atoms with E-state index in [1.54, 1.807) is 66.7 Å². The van der Waals surface area contributed by atoms with Gasteiger partial charge in [0.25, 0.3) is 11.8 Å². The van der Waals surface area contributed by atoms with Gasteiger partial charge in [-0.25, -0.2) is 4.79 Å². The van der Waals surface area contributed by atoms with E-state index < -0.39 is 17.8 Å². The summed E-state index contributed by atoms with van der Waals surface area (Å²) in [6.45, 7) is 0. The van der Waals surface area contributed by atoms with Crippen molar-refractivity contribution in [1.29, 1.82) is 0 Å². The average Bonchev–Trinajstić information content (AvgIpc) is 3.47. The standard InChI is InChI=1S/C29H22ClN3O6S/c30-23-13-8-19(29(37)38)15-24(23)32-26(34)17-40-22-11-9-20(10-12-22)31-28(36)25(16-21-7-4-14-39-21)33-27(35)18-5-2-1-3-6-18/h1-16H,17H2,(H,31,36)(H,32,34)(H,33,35)(H,37,38)/b25-16-. The van der Waals surface area contributed by atoms with Gasteiger partial charge in [0.1, 0.15) is 11.5 Å². The van der Waals surface area contributed by atoms with Crippen molar-refractivity contribution in [3.63, 3.8) is 0 Å². The van der Waals surface area contributed by atoms with Gasteiger partial charge >= 0.3 is 5.97 Å². The van der Waals surface area contributed by atoms with Crippen molar-refractivity contribution in [3.8, 4) is 0 Å². The number of aromatic carboxylic acids is 1. The van der Waals surface area contributed by atoms with Gasteiger partial charge in [-0.1, -0.05) is 29.8 Å². The molecule has 0 fully saturated rings. The minimum Gasteiger partial charge on any atom is -0.478 e. The Hall–Kier alpha value is -4.80. The molecule has 202 valence electrons. The Balaban J connectivity index is 1.36. The maximum absolute atomic E-state index is 13.0. The molecule has 40 heavy (non-hydrogen) atoms. The smallest absolute Gasteiger partial charge is 0.335 e. The topological polar surface area (TPSA) is 138 Å². The van der Waals surface area contributed by atoms with Crippen LogP contribution < -0.4 is 16.0 Å². The molecule has 4 N–H and O–H groups in total. The molecule has 0 unspecified atom stereocenters. The number of hydrogen-bond donors (Lipinski definition) is 4. The predicted octanol–water partition coefficient (Wildman–Crippen LogP) is 5.77. The highest BCUT2D eigenvalue weighted by Crippen LogP contribution is 2.25. The molecule has 0 spiro atoms. The van der Waals surface area contributed by atoms with Crippen LogP contribution in [0, 0.1) is 0 Å². The van der Waals surface area contributed by atoms with E-state index in [-0.39, 0.29) is 33.6 Å². The summed E-state index contributed by atoms with van der Waals surface area (Å²) in [7, 11) is 0. The van der Waals surface area contributed by atoms with Crippen LogP contribution in [0.4, 0.5) is 11.4 Å². The summed E-state index contributed by atoms with van der Waals surface area (Å²) in [6.07, 6.45) is 2.89. The highest BCUT2D eigenvalue weighted by Gasteiger charge is 2.16. The number of carboxylic acids is 1. The predicted molar refractivity (Wildman–Crippen MR) is 153 cm³/mol. The molecule has 0 saturated heterocycles. The second-order valence-electron chi connectivity index (χ2n) is 8.21. The second-order valence-corrected chi connectivity index (χ2v) is 9.66. The summed E-state index contributed by atoms with van der Waals surface area (Å²) in [5, 5.41) is 17.3. The van der Waals surface area contributed by atoms with Crippen LogP contribution in [-0.2, 0) is 9.59 Å². The first-order chi connectivity index (χ1) is 19.3. The molecular weight excluding hydrogens is 554 g/mol. The molecule has 3 aromatic carbocycles. The number of nitrogens with one attached hydrogen (secondary N) is 3. The van der Waals surface area contributed by atoms with E-state index >= 15 is 0 Å². The molecule has 0 atom stereocenters. The lowest BCUT2D eigenvalue weighted by atomic mass is 10.2. The Morgan fingerprint density at radius 2 is 1.62 bits per heavy atom. The number of carboxylic acid groups (broad SMARTS) is 1. The zero-order valence-electron chi connectivity index (χ0n) is 20.7. The second kappa shape index (κ2) is 13.3. The third-order valence-corrected chi connectivity index (χ3v) is 6.67. The third-order valence-electron chi connectivity index (χ3n) is 5.33. The van der Waals surface area contributed by atoms with E-state index in [9.17, 15) is 19.2 Å². The maximum atomic E-state index is 13.0. The van der Waals surface area contributed by atoms with Crippen molar-refractivity contribution >= 4 is 64.5 Å². The Labute approximate surface area is 238 Å². The average molecular weight is 576 g/mol. The van der Waals surface area contributed by atoms with Gasteiger partial charge in [-0.3, -0.25) is 14.4 Å². The number of rotatable bonds is 10. The number of carbonyl (C=O) groups excluding carboxylic acids is 3. The summed E-state index contributed by atoms with van der Waals surface area (Å²) in [5.41, 5.74) is 1.07. The summed E-state index contributed by atoms with van der Waals surface area (Å²) in [5.74, 6) is -2.07. The first-order valence-electron chi connectivity index (χ1n) is 11.8. The number of amides is 3. The third kappa shape index (κ3) is 7.85. The fourth-order valence-electron chi connectivity index (χ4n) is 3.38. The van der Waals surface area contributed by atoms with Crippen molar-refractivity contribution in [3.05, 3.63) is 119 Å². The molecule has 0 aliphatic rings. The summed E-state index contributed by atoms with van der Waals surface area (Å²) >= 11 is 7.30. The van der Waals surface area contributed by atoms with Crippen molar-refractivity contribution in [2.75, 3.05) is 16.4 Å². The van der Waals surface area contributed by atoms with Crippen molar-refractivity contribution in [2.45, 2.75) is 4.90 Å². The highest BCUT2D eigenvalue weighted by atomic mass is 35.5. The Bertz CT molecular complexity index is 1550. The lowest BCUT2D eigenvalue weighted by Gasteiger charge is -2.11. The molecule has 0 saturated carbocycles. The fourth-order valence-corrected chi connectivity index (χ4v) is 4.24. The molecule has 1 heterocycles. The van der Waals surface area contributed by atoms with Crippen LogP contribution in [-0.4, -0.2) is 34.6 Å². The Kier molecular flexibility index (Phi) is 9.39. The molecule has 9 nitrogen and oxygen atoms in total. The van der Waals surface area contributed by atoms with Crippen molar-refractivity contribution in [1.82, 2.24) is 5.32 Å². The molecule has 11 heteroatoms. The van der Waals surface area contributed by atoms with Crippen LogP contribution in [0.2, 0.25) is 5.02 Å². The van der Waals surface area contributed by atoms with Crippen molar-refractivity contribution in [2.24, 2.45) is 0 Å². The first-order valence-corrected chi connectivity index (χ1v) is 13.1. The molecule has 4 rings (SSSR count). The number of hydrogen-bond acceptors (Lipinski definition) is 6. The van der Waals surface area contributed by atoms with Gasteiger partial charge in [0, 0.05) is 22.2 Å². The van der Waals surface area contributed by atoms with Crippen LogP contribution in [0.1, 0.15) is 26.5 Å². The highest BCUT2D eigenvalue weighted by molar-refractivity contribution is 8.00. The Morgan fingerprint density at radius 3 is 2.30 bits per heavy atom. The molecule has 3 amide bonds. The van der Waals surface area contributed by atoms with Crippen molar-refractivity contribution < 1.29 is 28.7 Å². The molecule has 4 aromatic rings. The van der Waals surface area contributed by atoms with Gasteiger partial charge in [-0.15, -0.1) is 11.8 Å². The number of benzene rings is 3. The lowest BCUT2D eigenvalue weighted by Crippen LogP contribution is -2.30. The Morgan fingerprint density at radius 1 is 0.875 bits per heavy atom. The van der Waals surface area contributed by atoms with Gasteiger partial charge in [-0.05, 0) is 66.7 Å². The molecule has 0 radical (unpaired) electrons. The first kappa shape index (κ1) is 28.2. The minimum absolute atomic E-state index is 0.00628. The zero-order valence-corrected chi connectivity index (χ0v) is 22.3. The molecular formula is C29H22ClN3O6S. The quantitative estimate of drug-likeness (QED) is 0.139. The van der Waals surface area contributed by atoms with Gasteiger partial charge in [0.2, 0.25) is 5.91 Å². The van der Waals surface area contributed by atoms with Gasteiger partial charge in [0.05, 0.1) is 28.3 Å². The lowest BCUT2D eigenvalue weighted by molar-refractivity contribution is -0.114. The summed E-state index contributed by atoms with van der Waals surface area (Å²) in [4.78, 5) is 50.0. The van der Waals surface area contributed by atoms with E-state index in [4.69, 9.17) is 21.1 Å². The van der Waals surface area contributed by atoms with E-state index in [0.29, 0.717) is 17.0 Å². The number of thioether (sulfide) groups is 1. The normalized spacial score (nSPS) is 11.0. The van der Waals surface area contributed by atoms with E-state index in [2.05, 4.69) is 16.0 Å². The van der Waals surface area contributed by atoms with Crippen LogP contribution in [0.3, 0.4) is 0 Å². The summed E-state index contributed by atoms with van der Waals surface area (Å²) < 4.78 is 5.30. The van der Waals surface area contributed by atoms with E-state index in [0.717, 1.165) is 4.90 Å². The van der Waals surface area contributed by atoms with Crippen LogP contribution in [0.15, 0.2) is 106 Å². The van der Waals surface area contributed by atoms with E-state index in [1.807, 2.05) is 0 Å². The number of halogens is 1. The minimum atomic E-state index is -1.13. The molecule has 0 aliphatic carbocycles. The summed E-state index contributed by atoms with van der Waals surface area (Å²) in [6, 6.07) is 22.6. The number of anilines is 2. The van der Waals surface area contributed by atoms with E-state index in [1.165, 1.54) is 42.3 Å². The SMILES string of the molecule is O=C(CSc1ccc(NC(=O)/C(=C/c2ccco2)NC(=O)c2ccccc2)cc1)Nc1cc(C(=O)O)ccc1Cl. The molecule has 0 bridgehead atoms. The molecule has 0 aliphatic heterocycles. The van der Waals surface area contributed by atoms with Crippen LogP contribution in [0.25, 0.3) is 6.08 Å². The zero-order chi connectivity index (χ0) is 28.5. The van der Waals surface area contributed by atoms with Gasteiger partial charge in [0.15, 0.2) is 0 Å². The number of furan rings is 1. The monoisotopic (exact) mass is 575 g/mol. The largest absolute Gasteiger partial charge is 0.478 e. The van der Waals surface area contributed by atoms with Gasteiger partial charge in [-0.2, -0.15) is 0 Å². The van der Waals surface area contributed by atoms with Crippen LogP contribution >= 0.6 is 23.4 Å². The molecule has 1 aromatic heterocycles. The fraction of sp³-hybridized carbons (Fsp3) is 0.0345. The van der Waals surface area contributed by atoms with Crippen LogP contribution in [0.5, 0.6) is 0 Å². The number of carbonyl (C=O) groups is 4.